The molecule has 0 bridgehead atoms. The number of rotatable bonds is 6. The van der Waals surface area contributed by atoms with Crippen LogP contribution in [-0.2, 0) is 20.0 Å². The fraction of sp³-hybridized carbons (Fsp3) is 0.0500. The molecule has 0 aliphatic carbocycles. The van der Waals surface area contributed by atoms with Crippen LogP contribution in [0.5, 0.6) is 0 Å². The smallest absolute Gasteiger partial charge is 0.261 e. The van der Waals surface area contributed by atoms with Gasteiger partial charge in [0, 0.05) is 10.7 Å². The van der Waals surface area contributed by atoms with Crippen molar-refractivity contribution in [1.82, 2.24) is 0 Å². The summed E-state index contributed by atoms with van der Waals surface area (Å²) in [7, 11) is -7.83. The normalized spacial score (nSPS) is 11.5. The Morgan fingerprint density at radius 2 is 1.47 bits per heavy atom. The predicted octanol–water partition coefficient (Wildman–Crippen LogP) is 4.12. The van der Waals surface area contributed by atoms with E-state index < -0.39 is 20.0 Å². The zero-order valence-corrected chi connectivity index (χ0v) is 18.0. The summed E-state index contributed by atoms with van der Waals surface area (Å²) in [6, 6.07) is 17.6. The Bertz CT molecular complexity index is 1350. The van der Waals surface area contributed by atoms with Gasteiger partial charge in [-0.2, -0.15) is 5.26 Å². The van der Waals surface area contributed by atoms with Gasteiger partial charge in [-0.05, 0) is 67.1 Å². The van der Waals surface area contributed by atoms with E-state index in [1.807, 2.05) is 6.07 Å². The van der Waals surface area contributed by atoms with Crippen molar-refractivity contribution in [3.63, 3.8) is 0 Å². The van der Waals surface area contributed by atoms with Gasteiger partial charge in [-0.15, -0.1) is 0 Å². The zero-order valence-electron chi connectivity index (χ0n) is 15.6. The summed E-state index contributed by atoms with van der Waals surface area (Å²) in [5, 5.41) is 9.36. The Balaban J connectivity index is 1.82. The summed E-state index contributed by atoms with van der Waals surface area (Å²) in [4.78, 5) is -0.118. The molecule has 7 nitrogen and oxygen atoms in total. The Morgan fingerprint density at radius 1 is 0.833 bits per heavy atom. The average Bonchev–Trinajstić information content (AvgIpc) is 2.71. The molecule has 10 heteroatoms. The summed E-state index contributed by atoms with van der Waals surface area (Å²) in [6.45, 7) is 1.69. The van der Waals surface area contributed by atoms with Gasteiger partial charge in [0.15, 0.2) is 0 Å². The number of hydrogen-bond acceptors (Lipinski definition) is 5. The first kappa shape index (κ1) is 21.6. The molecule has 0 amide bonds. The van der Waals surface area contributed by atoms with Crippen molar-refractivity contribution in [2.45, 2.75) is 16.7 Å². The van der Waals surface area contributed by atoms with Crippen molar-refractivity contribution in [3.05, 3.63) is 82.9 Å². The van der Waals surface area contributed by atoms with Crippen molar-refractivity contribution >= 4 is 43.0 Å². The molecule has 0 atom stereocenters. The molecule has 0 radical (unpaired) electrons. The summed E-state index contributed by atoms with van der Waals surface area (Å²) in [5.41, 5.74) is 1.33. The van der Waals surface area contributed by atoms with Crippen molar-refractivity contribution in [3.8, 4) is 6.07 Å². The molecule has 3 rings (SSSR count). The summed E-state index contributed by atoms with van der Waals surface area (Å²) < 4.78 is 55.1. The molecule has 0 saturated heterocycles. The van der Waals surface area contributed by atoms with E-state index in [0.717, 1.165) is 0 Å². The van der Waals surface area contributed by atoms with Crippen LogP contribution >= 0.6 is 11.6 Å². The van der Waals surface area contributed by atoms with Gasteiger partial charge in [0.1, 0.15) is 0 Å². The Hall–Kier alpha value is -3.06. The molecule has 30 heavy (non-hydrogen) atoms. The third-order valence-corrected chi connectivity index (χ3v) is 7.37. The maximum absolute atomic E-state index is 12.6. The van der Waals surface area contributed by atoms with Crippen molar-refractivity contribution in [2.24, 2.45) is 0 Å². The molecule has 154 valence electrons. The van der Waals surface area contributed by atoms with Gasteiger partial charge < -0.3 is 0 Å². The standard InChI is InChI=1S/C20H16ClN3O4S2/c1-14-19(21)6-3-7-20(14)24-29(25,26)17-10-8-16(9-11-17)23-30(27,28)18-5-2-4-15(12-18)13-22/h2-12,23-24H,1H3. The fourth-order valence-electron chi connectivity index (χ4n) is 2.57. The summed E-state index contributed by atoms with van der Waals surface area (Å²) in [6.07, 6.45) is 0. The molecule has 3 aromatic carbocycles. The maximum atomic E-state index is 12.6. The second kappa shape index (κ2) is 8.36. The summed E-state index contributed by atoms with van der Waals surface area (Å²) >= 11 is 6.02. The van der Waals surface area contributed by atoms with Gasteiger partial charge in [0.25, 0.3) is 20.0 Å². The van der Waals surface area contributed by atoms with Gasteiger partial charge in [-0.25, -0.2) is 16.8 Å². The van der Waals surface area contributed by atoms with Crippen LogP contribution in [0.1, 0.15) is 11.1 Å². The van der Waals surface area contributed by atoms with E-state index in [1.54, 1.807) is 25.1 Å². The highest BCUT2D eigenvalue weighted by atomic mass is 35.5. The number of nitriles is 1. The Kier molecular flexibility index (Phi) is 6.03. The van der Waals surface area contributed by atoms with E-state index in [1.165, 1.54) is 48.5 Å². The second-order valence-electron chi connectivity index (χ2n) is 6.29. The molecular weight excluding hydrogens is 446 g/mol. The monoisotopic (exact) mass is 461 g/mol. The van der Waals surface area contributed by atoms with Crippen LogP contribution in [0, 0.1) is 18.3 Å². The number of halogens is 1. The first-order chi connectivity index (χ1) is 14.1. The molecular formula is C20H16ClN3O4S2. The highest BCUT2D eigenvalue weighted by Gasteiger charge is 2.18. The summed E-state index contributed by atoms with van der Waals surface area (Å²) in [5.74, 6) is 0. The first-order valence-corrected chi connectivity index (χ1v) is 11.9. The first-order valence-electron chi connectivity index (χ1n) is 8.53. The van der Waals surface area contributed by atoms with Crippen molar-refractivity contribution < 1.29 is 16.8 Å². The van der Waals surface area contributed by atoms with E-state index >= 15 is 0 Å². The van der Waals surface area contributed by atoms with E-state index in [9.17, 15) is 16.8 Å². The van der Waals surface area contributed by atoms with Gasteiger partial charge >= 0.3 is 0 Å². The lowest BCUT2D eigenvalue weighted by Crippen LogP contribution is -2.15. The molecule has 0 unspecified atom stereocenters. The van der Waals surface area contributed by atoms with Gasteiger partial charge in [-0.1, -0.05) is 23.7 Å². The van der Waals surface area contributed by atoms with Crippen molar-refractivity contribution in [1.29, 1.82) is 5.26 Å². The van der Waals surface area contributed by atoms with E-state index in [4.69, 9.17) is 16.9 Å². The van der Waals surface area contributed by atoms with E-state index in [2.05, 4.69) is 9.44 Å². The third kappa shape index (κ3) is 4.74. The average molecular weight is 462 g/mol. The van der Waals surface area contributed by atoms with Gasteiger partial charge in [0.05, 0.1) is 27.1 Å². The Morgan fingerprint density at radius 3 is 2.13 bits per heavy atom. The van der Waals surface area contributed by atoms with Crippen LogP contribution in [0.15, 0.2) is 76.5 Å². The molecule has 0 spiro atoms. The quantitative estimate of drug-likeness (QED) is 0.572. The minimum Gasteiger partial charge on any atom is -0.280 e. The van der Waals surface area contributed by atoms with Crippen LogP contribution in [0.3, 0.4) is 0 Å². The number of anilines is 2. The number of nitrogens with zero attached hydrogens (tertiary/aromatic N) is 1. The highest BCUT2D eigenvalue weighted by Crippen LogP contribution is 2.26. The topological polar surface area (TPSA) is 116 Å². The van der Waals surface area contributed by atoms with Crippen LogP contribution in [0.2, 0.25) is 5.02 Å². The highest BCUT2D eigenvalue weighted by molar-refractivity contribution is 7.93. The van der Waals surface area contributed by atoms with Crippen LogP contribution in [-0.4, -0.2) is 16.8 Å². The molecule has 0 heterocycles. The Labute approximate surface area is 180 Å². The SMILES string of the molecule is Cc1c(Cl)cccc1NS(=O)(=O)c1ccc(NS(=O)(=O)c2cccc(C#N)c2)cc1. The van der Waals surface area contributed by atoms with Crippen LogP contribution in [0.25, 0.3) is 0 Å². The molecule has 0 fully saturated rings. The molecule has 0 aromatic heterocycles. The fourth-order valence-corrected chi connectivity index (χ4v) is 4.97. The lowest BCUT2D eigenvalue weighted by molar-refractivity contribution is 0.600. The number of sulfonamides is 2. The lowest BCUT2D eigenvalue weighted by atomic mass is 10.2. The van der Waals surface area contributed by atoms with Gasteiger partial charge in [-0.3, -0.25) is 9.44 Å². The maximum Gasteiger partial charge on any atom is 0.261 e. The lowest BCUT2D eigenvalue weighted by Gasteiger charge is -2.12. The molecule has 3 aromatic rings. The predicted molar refractivity (Wildman–Crippen MR) is 115 cm³/mol. The number of benzene rings is 3. The largest absolute Gasteiger partial charge is 0.280 e. The number of nitrogens with one attached hydrogen (secondary N) is 2. The molecule has 2 N–H and O–H groups in total. The van der Waals surface area contributed by atoms with Gasteiger partial charge in [0.2, 0.25) is 0 Å². The molecule has 0 saturated carbocycles. The van der Waals surface area contributed by atoms with Crippen LogP contribution < -0.4 is 9.44 Å². The minimum absolute atomic E-state index is 0.0451. The minimum atomic E-state index is -3.93. The second-order valence-corrected chi connectivity index (χ2v) is 10.1. The molecule has 0 aliphatic rings. The number of hydrogen-bond donors (Lipinski definition) is 2. The molecule has 0 aliphatic heterocycles. The van der Waals surface area contributed by atoms with E-state index in [0.29, 0.717) is 16.3 Å². The van der Waals surface area contributed by atoms with E-state index in [-0.39, 0.29) is 21.0 Å². The van der Waals surface area contributed by atoms with Crippen LogP contribution in [0.4, 0.5) is 11.4 Å². The van der Waals surface area contributed by atoms with Crippen molar-refractivity contribution in [2.75, 3.05) is 9.44 Å². The zero-order chi connectivity index (χ0) is 21.9. The third-order valence-electron chi connectivity index (χ3n) is 4.20.